The largest absolute Gasteiger partial charge is 0.468 e. The Labute approximate surface area is 104 Å². The number of nitrogens with two attached hydrogens (primary N) is 1. The van der Waals surface area contributed by atoms with Gasteiger partial charge in [-0.1, -0.05) is 26.7 Å². The summed E-state index contributed by atoms with van der Waals surface area (Å²) in [5.74, 6) is 0.342. The molecule has 2 N–H and O–H groups in total. The second-order valence-corrected chi connectivity index (χ2v) is 5.30. The van der Waals surface area contributed by atoms with E-state index in [1.165, 1.54) is 32.8 Å². The molecule has 100 valence electrons. The molecule has 1 aliphatic rings. The van der Waals surface area contributed by atoms with Crippen molar-refractivity contribution in [1.29, 1.82) is 0 Å². The van der Waals surface area contributed by atoms with E-state index in [0.29, 0.717) is 18.5 Å². The van der Waals surface area contributed by atoms with Crippen molar-refractivity contribution in [2.45, 2.75) is 51.6 Å². The maximum atomic E-state index is 11.8. The molecule has 4 nitrogen and oxygen atoms in total. The van der Waals surface area contributed by atoms with Crippen LogP contribution < -0.4 is 5.73 Å². The SMILES string of the molecule is COC(=O)C(CN)N(CC(C)C)C1CCCC1. The van der Waals surface area contributed by atoms with Crippen LogP contribution in [0.5, 0.6) is 0 Å². The van der Waals surface area contributed by atoms with Gasteiger partial charge in [-0.15, -0.1) is 0 Å². The van der Waals surface area contributed by atoms with Gasteiger partial charge in [0.15, 0.2) is 0 Å². The fourth-order valence-corrected chi connectivity index (χ4v) is 2.69. The molecule has 0 aromatic rings. The van der Waals surface area contributed by atoms with Gasteiger partial charge in [0, 0.05) is 19.1 Å². The zero-order valence-corrected chi connectivity index (χ0v) is 11.3. The van der Waals surface area contributed by atoms with Gasteiger partial charge in [0.05, 0.1) is 7.11 Å². The van der Waals surface area contributed by atoms with E-state index in [4.69, 9.17) is 10.5 Å². The Morgan fingerprint density at radius 2 is 2.00 bits per heavy atom. The third-order valence-electron chi connectivity index (χ3n) is 3.47. The quantitative estimate of drug-likeness (QED) is 0.715. The van der Waals surface area contributed by atoms with Crippen LogP contribution in [0.25, 0.3) is 0 Å². The Morgan fingerprint density at radius 1 is 1.41 bits per heavy atom. The molecule has 0 bridgehead atoms. The predicted octanol–water partition coefficient (Wildman–Crippen LogP) is 1.39. The summed E-state index contributed by atoms with van der Waals surface area (Å²) in [6.45, 7) is 5.61. The zero-order valence-electron chi connectivity index (χ0n) is 11.3. The van der Waals surface area contributed by atoms with Crippen molar-refractivity contribution in [1.82, 2.24) is 4.90 Å². The summed E-state index contributed by atoms with van der Waals surface area (Å²) in [4.78, 5) is 14.0. The van der Waals surface area contributed by atoms with Crippen LogP contribution in [-0.2, 0) is 9.53 Å². The minimum atomic E-state index is -0.273. The molecule has 0 radical (unpaired) electrons. The lowest BCUT2D eigenvalue weighted by molar-refractivity contribution is -0.147. The number of carbonyl (C=O) groups is 1. The first-order chi connectivity index (χ1) is 8.10. The molecule has 1 unspecified atom stereocenters. The number of hydrogen-bond acceptors (Lipinski definition) is 4. The molecular weight excluding hydrogens is 216 g/mol. The van der Waals surface area contributed by atoms with E-state index in [0.717, 1.165) is 6.54 Å². The molecular formula is C13H26N2O2. The summed E-state index contributed by atoms with van der Waals surface area (Å²) in [7, 11) is 1.44. The molecule has 0 aliphatic heterocycles. The minimum Gasteiger partial charge on any atom is -0.468 e. The van der Waals surface area contributed by atoms with Crippen LogP contribution >= 0.6 is 0 Å². The van der Waals surface area contributed by atoms with Crippen LogP contribution in [0.1, 0.15) is 39.5 Å². The van der Waals surface area contributed by atoms with Crippen LogP contribution in [0, 0.1) is 5.92 Å². The Hall–Kier alpha value is -0.610. The highest BCUT2D eigenvalue weighted by atomic mass is 16.5. The standard InChI is InChI=1S/C13H26N2O2/c1-10(2)9-15(11-6-4-5-7-11)12(8-14)13(16)17-3/h10-12H,4-9,14H2,1-3H3. The Balaban J connectivity index is 2.74. The van der Waals surface area contributed by atoms with Crippen molar-refractivity contribution in [3.63, 3.8) is 0 Å². The van der Waals surface area contributed by atoms with E-state index in [1.54, 1.807) is 0 Å². The Bertz CT molecular complexity index is 238. The van der Waals surface area contributed by atoms with Gasteiger partial charge in [0.2, 0.25) is 0 Å². The molecule has 1 fully saturated rings. The minimum absolute atomic E-state index is 0.194. The third kappa shape index (κ3) is 3.96. The van der Waals surface area contributed by atoms with Crippen LogP contribution in [0.2, 0.25) is 0 Å². The highest BCUT2D eigenvalue weighted by Gasteiger charge is 2.32. The summed E-state index contributed by atoms with van der Waals surface area (Å²) < 4.78 is 4.86. The third-order valence-corrected chi connectivity index (χ3v) is 3.47. The smallest absolute Gasteiger partial charge is 0.324 e. The summed E-state index contributed by atoms with van der Waals surface area (Å²) in [6, 6.07) is 0.232. The number of rotatable bonds is 6. The number of carbonyl (C=O) groups excluding carboxylic acids is 1. The highest BCUT2D eigenvalue weighted by molar-refractivity contribution is 5.76. The monoisotopic (exact) mass is 242 g/mol. The molecule has 0 spiro atoms. The van der Waals surface area contributed by atoms with Crippen molar-refractivity contribution < 1.29 is 9.53 Å². The fraction of sp³-hybridized carbons (Fsp3) is 0.923. The number of esters is 1. The van der Waals surface area contributed by atoms with Crippen molar-refractivity contribution in [2.75, 3.05) is 20.2 Å². The Morgan fingerprint density at radius 3 is 2.41 bits per heavy atom. The second kappa shape index (κ2) is 6.97. The lowest BCUT2D eigenvalue weighted by Gasteiger charge is -2.35. The highest BCUT2D eigenvalue weighted by Crippen LogP contribution is 2.26. The van der Waals surface area contributed by atoms with Crippen molar-refractivity contribution in [3.8, 4) is 0 Å². The maximum Gasteiger partial charge on any atom is 0.324 e. The molecule has 1 saturated carbocycles. The Kier molecular flexibility index (Phi) is 5.92. The normalized spacial score (nSPS) is 18.9. The average Bonchev–Trinajstić information content (AvgIpc) is 2.81. The van der Waals surface area contributed by atoms with Gasteiger partial charge in [-0.3, -0.25) is 9.69 Å². The van der Waals surface area contributed by atoms with E-state index < -0.39 is 0 Å². The second-order valence-electron chi connectivity index (χ2n) is 5.30. The van der Waals surface area contributed by atoms with E-state index >= 15 is 0 Å². The molecule has 0 aromatic carbocycles. The van der Waals surface area contributed by atoms with Crippen molar-refractivity contribution in [3.05, 3.63) is 0 Å². The lowest BCUT2D eigenvalue weighted by Crippen LogP contribution is -2.52. The first kappa shape index (κ1) is 14.5. The first-order valence-electron chi connectivity index (χ1n) is 6.63. The van der Waals surface area contributed by atoms with Crippen LogP contribution in [-0.4, -0.2) is 43.2 Å². The first-order valence-corrected chi connectivity index (χ1v) is 6.63. The molecule has 0 amide bonds. The molecule has 0 saturated heterocycles. The average molecular weight is 242 g/mol. The van der Waals surface area contributed by atoms with Crippen molar-refractivity contribution >= 4 is 5.97 Å². The maximum absolute atomic E-state index is 11.8. The number of hydrogen-bond donors (Lipinski definition) is 1. The number of ether oxygens (including phenoxy) is 1. The summed E-state index contributed by atoms with van der Waals surface area (Å²) in [6.07, 6.45) is 4.88. The molecule has 0 aromatic heterocycles. The summed E-state index contributed by atoms with van der Waals surface area (Å²) in [5.41, 5.74) is 5.75. The molecule has 17 heavy (non-hydrogen) atoms. The molecule has 0 heterocycles. The molecule has 1 aliphatic carbocycles. The van der Waals surface area contributed by atoms with Gasteiger partial charge in [-0.2, -0.15) is 0 Å². The number of nitrogens with zero attached hydrogens (tertiary/aromatic N) is 1. The van der Waals surface area contributed by atoms with Gasteiger partial charge >= 0.3 is 5.97 Å². The molecule has 1 rings (SSSR count). The molecule has 4 heteroatoms. The van der Waals surface area contributed by atoms with Gasteiger partial charge in [0.1, 0.15) is 6.04 Å². The van der Waals surface area contributed by atoms with Crippen LogP contribution in [0.3, 0.4) is 0 Å². The van der Waals surface area contributed by atoms with Gasteiger partial charge in [0.25, 0.3) is 0 Å². The predicted molar refractivity (Wildman–Crippen MR) is 68.7 cm³/mol. The topological polar surface area (TPSA) is 55.6 Å². The lowest BCUT2D eigenvalue weighted by atomic mass is 10.1. The van der Waals surface area contributed by atoms with Crippen LogP contribution in [0.4, 0.5) is 0 Å². The molecule has 1 atom stereocenters. The zero-order chi connectivity index (χ0) is 12.8. The van der Waals surface area contributed by atoms with E-state index in [-0.39, 0.29) is 12.0 Å². The van der Waals surface area contributed by atoms with Gasteiger partial charge < -0.3 is 10.5 Å². The van der Waals surface area contributed by atoms with E-state index in [1.807, 2.05) is 0 Å². The summed E-state index contributed by atoms with van der Waals surface area (Å²) in [5, 5.41) is 0. The van der Waals surface area contributed by atoms with E-state index in [9.17, 15) is 4.79 Å². The van der Waals surface area contributed by atoms with Gasteiger partial charge in [-0.05, 0) is 18.8 Å². The van der Waals surface area contributed by atoms with Crippen LogP contribution in [0.15, 0.2) is 0 Å². The summed E-state index contributed by atoms with van der Waals surface area (Å²) >= 11 is 0. The fourth-order valence-electron chi connectivity index (χ4n) is 2.69. The van der Waals surface area contributed by atoms with Gasteiger partial charge in [-0.25, -0.2) is 0 Å². The van der Waals surface area contributed by atoms with Crippen molar-refractivity contribution in [2.24, 2.45) is 11.7 Å². The van der Waals surface area contributed by atoms with E-state index in [2.05, 4.69) is 18.7 Å². The number of methoxy groups -OCH3 is 1.